The van der Waals surface area contributed by atoms with Gasteiger partial charge in [-0.25, -0.2) is 15.0 Å². The lowest BCUT2D eigenvalue weighted by Gasteiger charge is -2.31. The third-order valence-corrected chi connectivity index (χ3v) is 5.79. The predicted octanol–water partition coefficient (Wildman–Crippen LogP) is 3.52. The van der Waals surface area contributed by atoms with Crippen LogP contribution in [-0.4, -0.2) is 33.9 Å². The van der Waals surface area contributed by atoms with Gasteiger partial charge in [0, 0.05) is 30.9 Å². The lowest BCUT2D eigenvalue weighted by atomic mass is 9.97. The smallest absolute Gasteiger partial charge is 0.231 e. The third kappa shape index (κ3) is 3.69. The molecule has 1 saturated heterocycles. The number of nitrogens with zero attached hydrogens (tertiary/aromatic N) is 4. The first kappa shape index (κ1) is 16.2. The van der Waals surface area contributed by atoms with E-state index in [1.54, 1.807) is 29.8 Å². The van der Waals surface area contributed by atoms with Crippen LogP contribution in [-0.2, 0) is 4.79 Å². The molecule has 0 spiro atoms. The molecule has 0 aromatic carbocycles. The lowest BCUT2D eigenvalue weighted by molar-refractivity contribution is -0.120. The predicted molar refractivity (Wildman–Crippen MR) is 101 cm³/mol. The summed E-state index contributed by atoms with van der Waals surface area (Å²) >= 11 is 3.11. The minimum absolute atomic E-state index is 0.0210. The number of hydrogen-bond acceptors (Lipinski definition) is 7. The Morgan fingerprint density at radius 3 is 2.92 bits per heavy atom. The fourth-order valence-electron chi connectivity index (χ4n) is 2.90. The highest BCUT2D eigenvalue weighted by atomic mass is 32.1. The van der Waals surface area contributed by atoms with Gasteiger partial charge in [0.15, 0.2) is 5.13 Å². The van der Waals surface area contributed by atoms with Crippen LogP contribution in [0.15, 0.2) is 41.4 Å². The minimum atomic E-state index is -0.0772. The molecule has 4 heterocycles. The van der Waals surface area contributed by atoms with E-state index in [4.69, 9.17) is 0 Å². The van der Waals surface area contributed by atoms with Gasteiger partial charge in [-0.1, -0.05) is 6.07 Å². The van der Waals surface area contributed by atoms with Crippen molar-refractivity contribution in [2.75, 3.05) is 23.3 Å². The molecule has 1 unspecified atom stereocenters. The molecule has 25 heavy (non-hydrogen) atoms. The van der Waals surface area contributed by atoms with Crippen LogP contribution in [0, 0.1) is 5.92 Å². The second-order valence-electron chi connectivity index (χ2n) is 5.84. The van der Waals surface area contributed by atoms with Crippen molar-refractivity contribution in [3.8, 4) is 10.6 Å². The van der Waals surface area contributed by atoms with E-state index < -0.39 is 0 Å². The molecule has 1 N–H and O–H groups in total. The Labute approximate surface area is 153 Å². The normalized spacial score (nSPS) is 17.4. The molecule has 0 radical (unpaired) electrons. The van der Waals surface area contributed by atoms with Crippen LogP contribution in [0.2, 0.25) is 0 Å². The van der Waals surface area contributed by atoms with Crippen LogP contribution in [0.3, 0.4) is 0 Å². The number of thiophene rings is 1. The molecule has 0 saturated carbocycles. The van der Waals surface area contributed by atoms with Gasteiger partial charge < -0.3 is 10.2 Å². The third-order valence-electron chi connectivity index (χ3n) is 4.14. The van der Waals surface area contributed by atoms with Crippen molar-refractivity contribution in [1.82, 2.24) is 15.0 Å². The summed E-state index contributed by atoms with van der Waals surface area (Å²) in [5, 5.41) is 7.63. The Hall–Kier alpha value is -2.32. The summed E-state index contributed by atoms with van der Waals surface area (Å²) in [6.07, 6.45) is 5.29. The summed E-state index contributed by atoms with van der Waals surface area (Å²) in [7, 11) is 0. The van der Waals surface area contributed by atoms with E-state index in [9.17, 15) is 4.79 Å². The standard InChI is InChI=1S/C17H17N5OS2/c23-15(21-17-20-13(11-25-17)14-5-2-9-24-14)12-4-1-8-22(10-12)16-18-6-3-7-19-16/h2-3,5-7,9,11-12H,1,4,8,10H2,(H,20,21,23). The van der Waals surface area contributed by atoms with Gasteiger partial charge in [0.1, 0.15) is 0 Å². The molecule has 1 amide bonds. The van der Waals surface area contributed by atoms with Gasteiger partial charge in [0.05, 0.1) is 16.5 Å². The van der Waals surface area contributed by atoms with E-state index in [2.05, 4.69) is 25.2 Å². The van der Waals surface area contributed by atoms with Gasteiger partial charge in [-0.05, 0) is 30.4 Å². The highest BCUT2D eigenvalue weighted by molar-refractivity contribution is 7.16. The number of piperidine rings is 1. The molecule has 3 aromatic heterocycles. The molecular weight excluding hydrogens is 354 g/mol. The summed E-state index contributed by atoms with van der Waals surface area (Å²) in [4.78, 5) is 28.9. The first-order valence-corrected chi connectivity index (χ1v) is 9.88. The maximum atomic E-state index is 12.6. The Kier molecular flexibility index (Phi) is 4.71. The topological polar surface area (TPSA) is 71.0 Å². The molecule has 1 atom stereocenters. The number of rotatable bonds is 4. The molecule has 0 aliphatic carbocycles. The molecule has 1 fully saturated rings. The van der Waals surface area contributed by atoms with E-state index in [0.29, 0.717) is 17.6 Å². The number of thiazole rings is 1. The van der Waals surface area contributed by atoms with E-state index in [1.165, 1.54) is 11.3 Å². The Morgan fingerprint density at radius 2 is 2.12 bits per heavy atom. The Bertz CT molecular complexity index is 834. The Balaban J connectivity index is 1.41. The highest BCUT2D eigenvalue weighted by Gasteiger charge is 2.27. The molecule has 6 nitrogen and oxygen atoms in total. The molecule has 128 valence electrons. The molecule has 1 aliphatic rings. The maximum Gasteiger partial charge on any atom is 0.231 e. The SMILES string of the molecule is O=C(Nc1nc(-c2cccs2)cs1)C1CCCN(c2ncccn2)C1. The first-order chi connectivity index (χ1) is 12.3. The zero-order valence-electron chi connectivity index (χ0n) is 13.5. The number of amides is 1. The van der Waals surface area contributed by atoms with Crippen LogP contribution in [0.5, 0.6) is 0 Å². The van der Waals surface area contributed by atoms with Crippen LogP contribution < -0.4 is 10.2 Å². The van der Waals surface area contributed by atoms with Gasteiger partial charge >= 0.3 is 0 Å². The lowest BCUT2D eigenvalue weighted by Crippen LogP contribution is -2.41. The molecule has 4 rings (SSSR count). The summed E-state index contributed by atoms with van der Waals surface area (Å²) < 4.78 is 0. The van der Waals surface area contributed by atoms with Crippen LogP contribution >= 0.6 is 22.7 Å². The second kappa shape index (κ2) is 7.28. The molecule has 3 aromatic rings. The van der Waals surface area contributed by atoms with Crippen molar-refractivity contribution in [2.24, 2.45) is 5.92 Å². The van der Waals surface area contributed by atoms with E-state index >= 15 is 0 Å². The van der Waals surface area contributed by atoms with Crippen LogP contribution in [0.1, 0.15) is 12.8 Å². The van der Waals surface area contributed by atoms with E-state index in [1.807, 2.05) is 22.9 Å². The van der Waals surface area contributed by atoms with Crippen molar-refractivity contribution in [3.63, 3.8) is 0 Å². The monoisotopic (exact) mass is 371 g/mol. The molecule has 0 bridgehead atoms. The van der Waals surface area contributed by atoms with Gasteiger partial charge in [-0.15, -0.1) is 22.7 Å². The van der Waals surface area contributed by atoms with E-state index in [0.717, 1.165) is 30.0 Å². The fourth-order valence-corrected chi connectivity index (χ4v) is 4.38. The fraction of sp³-hybridized carbons (Fsp3) is 0.294. The first-order valence-electron chi connectivity index (χ1n) is 8.12. The highest BCUT2D eigenvalue weighted by Crippen LogP contribution is 2.29. The van der Waals surface area contributed by atoms with Gasteiger partial charge in [-0.2, -0.15) is 0 Å². The zero-order chi connectivity index (χ0) is 17.1. The summed E-state index contributed by atoms with van der Waals surface area (Å²) in [6.45, 7) is 1.52. The van der Waals surface area contributed by atoms with Gasteiger partial charge in [0.25, 0.3) is 0 Å². The van der Waals surface area contributed by atoms with Gasteiger partial charge in [-0.3, -0.25) is 4.79 Å². The number of hydrogen-bond donors (Lipinski definition) is 1. The molecule has 1 aliphatic heterocycles. The van der Waals surface area contributed by atoms with Gasteiger partial charge in [0.2, 0.25) is 11.9 Å². The van der Waals surface area contributed by atoms with Crippen LogP contribution in [0.25, 0.3) is 10.6 Å². The number of carbonyl (C=O) groups excluding carboxylic acids is 1. The second-order valence-corrected chi connectivity index (χ2v) is 7.64. The molecule has 8 heteroatoms. The average Bonchev–Trinajstić information content (AvgIpc) is 3.34. The van der Waals surface area contributed by atoms with Crippen molar-refractivity contribution in [1.29, 1.82) is 0 Å². The molecular formula is C17H17N5OS2. The summed E-state index contributed by atoms with van der Waals surface area (Å²) in [5.41, 5.74) is 0.915. The number of nitrogens with one attached hydrogen (secondary N) is 1. The van der Waals surface area contributed by atoms with Crippen LogP contribution in [0.4, 0.5) is 11.1 Å². The largest absolute Gasteiger partial charge is 0.340 e. The van der Waals surface area contributed by atoms with Crippen molar-refractivity contribution < 1.29 is 4.79 Å². The number of aromatic nitrogens is 3. The average molecular weight is 371 g/mol. The Morgan fingerprint density at radius 1 is 1.24 bits per heavy atom. The van der Waals surface area contributed by atoms with Crippen molar-refractivity contribution in [2.45, 2.75) is 12.8 Å². The maximum absolute atomic E-state index is 12.6. The minimum Gasteiger partial charge on any atom is -0.340 e. The number of carbonyl (C=O) groups is 1. The van der Waals surface area contributed by atoms with E-state index in [-0.39, 0.29) is 11.8 Å². The zero-order valence-corrected chi connectivity index (χ0v) is 15.1. The quantitative estimate of drug-likeness (QED) is 0.760. The summed E-state index contributed by atoms with van der Waals surface area (Å²) in [6, 6.07) is 5.83. The number of anilines is 2. The van der Waals surface area contributed by atoms with Crippen molar-refractivity contribution >= 4 is 39.7 Å². The summed E-state index contributed by atoms with van der Waals surface area (Å²) in [5.74, 6) is 0.633. The van der Waals surface area contributed by atoms with Crippen molar-refractivity contribution in [3.05, 3.63) is 41.4 Å².